The molecule has 14 heavy (non-hydrogen) atoms. The molecule has 1 amide bonds. The molecule has 0 aliphatic heterocycles. The maximum atomic E-state index is 11.6. The normalized spacial score (nSPS) is 15.9. The number of aromatic nitrogens is 3. The summed E-state index contributed by atoms with van der Waals surface area (Å²) >= 11 is 0. The Balaban J connectivity index is 2.13. The standard InChI is InChI=1S/C9H14N4O/c1-6(2)13-8(10-5-11-13)9(14)12-7-3-4-7/h5-7H,3-4H2,1-2H3,(H,12,14). The van der Waals surface area contributed by atoms with Gasteiger partial charge in [0.05, 0.1) is 0 Å². The Morgan fingerprint density at radius 3 is 2.93 bits per heavy atom. The summed E-state index contributed by atoms with van der Waals surface area (Å²) in [6.07, 6.45) is 3.59. The van der Waals surface area contributed by atoms with Crippen molar-refractivity contribution in [2.75, 3.05) is 0 Å². The minimum absolute atomic E-state index is 0.112. The summed E-state index contributed by atoms with van der Waals surface area (Å²) in [6, 6.07) is 0.525. The van der Waals surface area contributed by atoms with E-state index in [0.717, 1.165) is 12.8 Å². The third-order valence-electron chi connectivity index (χ3n) is 2.18. The van der Waals surface area contributed by atoms with Crippen LogP contribution in [0.2, 0.25) is 0 Å². The Hall–Kier alpha value is -1.39. The highest BCUT2D eigenvalue weighted by Crippen LogP contribution is 2.19. The summed E-state index contributed by atoms with van der Waals surface area (Å²) in [5, 5.41) is 6.90. The SMILES string of the molecule is CC(C)n1ncnc1C(=O)NC1CC1. The number of amides is 1. The molecule has 0 radical (unpaired) electrons. The van der Waals surface area contributed by atoms with Crippen molar-refractivity contribution in [1.82, 2.24) is 20.1 Å². The van der Waals surface area contributed by atoms with Crippen LogP contribution in [0.4, 0.5) is 0 Å². The van der Waals surface area contributed by atoms with Gasteiger partial charge in [0.25, 0.3) is 5.91 Å². The summed E-state index contributed by atoms with van der Waals surface area (Å²) < 4.78 is 1.64. The van der Waals surface area contributed by atoms with E-state index in [1.165, 1.54) is 6.33 Å². The Labute approximate surface area is 82.5 Å². The van der Waals surface area contributed by atoms with E-state index in [-0.39, 0.29) is 11.9 Å². The lowest BCUT2D eigenvalue weighted by atomic mass is 10.4. The van der Waals surface area contributed by atoms with Gasteiger partial charge in [-0.25, -0.2) is 9.67 Å². The molecule has 5 heteroatoms. The molecule has 2 rings (SSSR count). The number of hydrogen-bond donors (Lipinski definition) is 1. The number of nitrogens with one attached hydrogen (secondary N) is 1. The Bertz CT molecular complexity index is 340. The summed E-state index contributed by atoms with van der Waals surface area (Å²) in [6.45, 7) is 3.95. The molecular formula is C9H14N4O. The number of nitrogens with zero attached hydrogens (tertiary/aromatic N) is 3. The molecule has 1 fully saturated rings. The number of carbonyl (C=O) groups is 1. The van der Waals surface area contributed by atoms with Crippen LogP contribution in [0.3, 0.4) is 0 Å². The van der Waals surface area contributed by atoms with Crippen LogP contribution in [0, 0.1) is 0 Å². The van der Waals surface area contributed by atoms with E-state index >= 15 is 0 Å². The lowest BCUT2D eigenvalue weighted by molar-refractivity contribution is 0.0933. The van der Waals surface area contributed by atoms with Gasteiger partial charge in [-0.05, 0) is 26.7 Å². The maximum Gasteiger partial charge on any atom is 0.289 e. The van der Waals surface area contributed by atoms with Crippen LogP contribution in [0.5, 0.6) is 0 Å². The van der Waals surface area contributed by atoms with Gasteiger partial charge in [0.1, 0.15) is 6.33 Å². The smallest absolute Gasteiger partial charge is 0.289 e. The minimum atomic E-state index is -0.112. The monoisotopic (exact) mass is 194 g/mol. The fourth-order valence-electron chi connectivity index (χ4n) is 1.27. The van der Waals surface area contributed by atoms with Crippen LogP contribution in [-0.4, -0.2) is 26.7 Å². The summed E-state index contributed by atoms with van der Waals surface area (Å²) in [4.78, 5) is 15.6. The second-order valence-corrected chi connectivity index (χ2v) is 3.87. The fourth-order valence-corrected chi connectivity index (χ4v) is 1.27. The molecule has 0 atom stereocenters. The van der Waals surface area contributed by atoms with Crippen molar-refractivity contribution in [2.45, 2.75) is 38.8 Å². The predicted molar refractivity (Wildman–Crippen MR) is 50.9 cm³/mol. The Morgan fingerprint density at radius 1 is 1.64 bits per heavy atom. The van der Waals surface area contributed by atoms with Gasteiger partial charge in [-0.15, -0.1) is 0 Å². The van der Waals surface area contributed by atoms with E-state index < -0.39 is 0 Å². The molecule has 76 valence electrons. The molecule has 1 saturated carbocycles. The zero-order valence-corrected chi connectivity index (χ0v) is 8.40. The molecule has 1 aliphatic rings. The van der Waals surface area contributed by atoms with Gasteiger partial charge < -0.3 is 5.32 Å². The molecule has 1 N–H and O–H groups in total. The topological polar surface area (TPSA) is 59.8 Å². The predicted octanol–water partition coefficient (Wildman–Crippen LogP) is 0.751. The first kappa shape index (κ1) is 9.18. The molecule has 0 unspecified atom stereocenters. The molecule has 1 aromatic rings. The molecule has 5 nitrogen and oxygen atoms in total. The molecule has 0 bridgehead atoms. The quantitative estimate of drug-likeness (QED) is 0.772. The minimum Gasteiger partial charge on any atom is -0.347 e. The van der Waals surface area contributed by atoms with Crippen molar-refractivity contribution in [1.29, 1.82) is 0 Å². The summed E-state index contributed by atoms with van der Waals surface area (Å²) in [5.74, 6) is 0.297. The van der Waals surface area contributed by atoms with Crippen LogP contribution in [0.1, 0.15) is 43.3 Å². The number of rotatable bonds is 3. The molecule has 0 aromatic carbocycles. The van der Waals surface area contributed by atoms with Crippen LogP contribution in [-0.2, 0) is 0 Å². The second-order valence-electron chi connectivity index (χ2n) is 3.87. The molecule has 0 saturated heterocycles. The lowest BCUT2D eigenvalue weighted by Crippen LogP contribution is -2.29. The van der Waals surface area contributed by atoms with Crippen LogP contribution < -0.4 is 5.32 Å². The van der Waals surface area contributed by atoms with E-state index in [2.05, 4.69) is 15.4 Å². The third kappa shape index (κ3) is 1.76. The average molecular weight is 194 g/mol. The largest absolute Gasteiger partial charge is 0.347 e. The van der Waals surface area contributed by atoms with Gasteiger partial charge in [0.2, 0.25) is 5.82 Å². The first-order chi connectivity index (χ1) is 6.68. The van der Waals surface area contributed by atoms with Crippen molar-refractivity contribution in [2.24, 2.45) is 0 Å². The van der Waals surface area contributed by atoms with Gasteiger partial charge in [-0.2, -0.15) is 5.10 Å². The van der Waals surface area contributed by atoms with Gasteiger partial charge in [0, 0.05) is 12.1 Å². The van der Waals surface area contributed by atoms with E-state index in [1.807, 2.05) is 13.8 Å². The summed E-state index contributed by atoms with van der Waals surface area (Å²) in [7, 11) is 0. The van der Waals surface area contributed by atoms with Gasteiger partial charge >= 0.3 is 0 Å². The molecule has 0 spiro atoms. The summed E-state index contributed by atoms with van der Waals surface area (Å²) in [5.41, 5.74) is 0. The highest BCUT2D eigenvalue weighted by atomic mass is 16.2. The molecule has 1 aromatic heterocycles. The molecule has 1 aliphatic carbocycles. The van der Waals surface area contributed by atoms with Gasteiger partial charge in [0.15, 0.2) is 0 Å². The van der Waals surface area contributed by atoms with E-state index in [1.54, 1.807) is 4.68 Å². The highest BCUT2D eigenvalue weighted by Gasteiger charge is 2.26. The third-order valence-corrected chi connectivity index (χ3v) is 2.18. The van der Waals surface area contributed by atoms with E-state index in [0.29, 0.717) is 11.9 Å². The lowest BCUT2D eigenvalue weighted by Gasteiger charge is -2.08. The van der Waals surface area contributed by atoms with Crippen molar-refractivity contribution < 1.29 is 4.79 Å². The highest BCUT2D eigenvalue weighted by molar-refractivity contribution is 5.91. The molecule has 1 heterocycles. The number of carbonyl (C=O) groups excluding carboxylic acids is 1. The average Bonchev–Trinajstić information content (AvgIpc) is 2.81. The maximum absolute atomic E-state index is 11.6. The van der Waals surface area contributed by atoms with Gasteiger partial charge in [-0.3, -0.25) is 4.79 Å². The van der Waals surface area contributed by atoms with Crippen molar-refractivity contribution in [3.63, 3.8) is 0 Å². The van der Waals surface area contributed by atoms with Crippen LogP contribution in [0.25, 0.3) is 0 Å². The van der Waals surface area contributed by atoms with E-state index in [9.17, 15) is 4.79 Å². The van der Waals surface area contributed by atoms with Crippen LogP contribution in [0.15, 0.2) is 6.33 Å². The van der Waals surface area contributed by atoms with Crippen molar-refractivity contribution >= 4 is 5.91 Å². The first-order valence-electron chi connectivity index (χ1n) is 4.89. The van der Waals surface area contributed by atoms with Gasteiger partial charge in [-0.1, -0.05) is 0 Å². The fraction of sp³-hybridized carbons (Fsp3) is 0.667. The number of hydrogen-bond acceptors (Lipinski definition) is 3. The first-order valence-corrected chi connectivity index (χ1v) is 4.89. The zero-order chi connectivity index (χ0) is 10.1. The van der Waals surface area contributed by atoms with Crippen molar-refractivity contribution in [3.05, 3.63) is 12.2 Å². The molecular weight excluding hydrogens is 180 g/mol. The van der Waals surface area contributed by atoms with E-state index in [4.69, 9.17) is 0 Å². The second kappa shape index (κ2) is 3.40. The van der Waals surface area contributed by atoms with Crippen molar-refractivity contribution in [3.8, 4) is 0 Å². The zero-order valence-electron chi connectivity index (χ0n) is 8.40. The Kier molecular flexibility index (Phi) is 2.23. The van der Waals surface area contributed by atoms with Crippen LogP contribution >= 0.6 is 0 Å². The Morgan fingerprint density at radius 2 is 2.36 bits per heavy atom.